The Hall–Kier alpha value is -2.18. The van der Waals surface area contributed by atoms with Crippen molar-refractivity contribution in [1.29, 1.82) is 0 Å². The fraction of sp³-hybridized carbons (Fsp3) is 0.0667. The molecule has 22 heavy (non-hydrogen) atoms. The highest BCUT2D eigenvalue weighted by Crippen LogP contribution is 2.21. The summed E-state index contributed by atoms with van der Waals surface area (Å²) in [6.07, 6.45) is 0. The fourth-order valence-corrected chi connectivity index (χ4v) is 2.48. The van der Waals surface area contributed by atoms with Crippen molar-refractivity contribution in [2.24, 2.45) is 5.73 Å². The molecule has 0 aromatic heterocycles. The van der Waals surface area contributed by atoms with Gasteiger partial charge in [0, 0.05) is 21.3 Å². The van der Waals surface area contributed by atoms with E-state index in [4.69, 9.17) is 17.3 Å². The van der Waals surface area contributed by atoms with Gasteiger partial charge in [0.25, 0.3) is 0 Å². The molecule has 0 unspecified atom stereocenters. The first kappa shape index (κ1) is 16.2. The Morgan fingerprint density at radius 2 is 1.50 bits per heavy atom. The van der Waals surface area contributed by atoms with Crippen LogP contribution in [0.3, 0.4) is 0 Å². The highest BCUT2D eigenvalue weighted by atomic mass is 35.5. The maximum Gasteiger partial charge on any atom is 0.316 e. The van der Waals surface area contributed by atoms with Crippen molar-refractivity contribution >= 4 is 46.7 Å². The zero-order valence-electron chi connectivity index (χ0n) is 11.5. The lowest BCUT2D eigenvalue weighted by atomic mass is 10.3. The molecule has 0 saturated carbocycles. The van der Waals surface area contributed by atoms with Gasteiger partial charge in [-0.15, -0.1) is 11.8 Å². The summed E-state index contributed by atoms with van der Waals surface area (Å²) in [5.41, 5.74) is 6.24. The molecular formula is C15H14ClN3O2S. The minimum absolute atomic E-state index is 0.115. The number of anilines is 2. The van der Waals surface area contributed by atoms with E-state index in [0.717, 1.165) is 4.90 Å². The van der Waals surface area contributed by atoms with Crippen LogP contribution in [0.2, 0.25) is 5.02 Å². The van der Waals surface area contributed by atoms with E-state index in [0.29, 0.717) is 22.2 Å². The van der Waals surface area contributed by atoms with Crippen LogP contribution in [-0.4, -0.2) is 17.7 Å². The fourth-order valence-electron chi connectivity index (χ4n) is 1.66. The van der Waals surface area contributed by atoms with Crippen LogP contribution in [0.25, 0.3) is 0 Å². The van der Waals surface area contributed by atoms with E-state index in [2.05, 4.69) is 10.6 Å². The quantitative estimate of drug-likeness (QED) is 0.730. The van der Waals surface area contributed by atoms with Crippen LogP contribution in [0.1, 0.15) is 0 Å². The van der Waals surface area contributed by atoms with Gasteiger partial charge in [0.05, 0.1) is 5.75 Å². The molecule has 0 atom stereocenters. The largest absolute Gasteiger partial charge is 0.351 e. The van der Waals surface area contributed by atoms with Crippen molar-refractivity contribution < 1.29 is 9.59 Å². The van der Waals surface area contributed by atoms with Crippen molar-refractivity contribution in [3.8, 4) is 0 Å². The van der Waals surface area contributed by atoms with Gasteiger partial charge in [0.2, 0.25) is 5.91 Å². The van der Waals surface area contributed by atoms with Crippen molar-refractivity contribution in [2.45, 2.75) is 4.90 Å². The number of benzene rings is 2. The average Bonchev–Trinajstić information content (AvgIpc) is 2.48. The van der Waals surface area contributed by atoms with Crippen LogP contribution < -0.4 is 16.4 Å². The molecule has 0 aliphatic heterocycles. The maximum absolute atomic E-state index is 11.9. The molecule has 0 fully saturated rings. The molecule has 3 amide bonds. The van der Waals surface area contributed by atoms with E-state index in [1.165, 1.54) is 11.8 Å². The molecule has 7 heteroatoms. The Morgan fingerprint density at radius 3 is 2.05 bits per heavy atom. The summed E-state index contributed by atoms with van der Waals surface area (Å²) < 4.78 is 0. The first-order valence-electron chi connectivity index (χ1n) is 6.37. The lowest BCUT2D eigenvalue weighted by molar-refractivity contribution is -0.113. The van der Waals surface area contributed by atoms with Gasteiger partial charge in [-0.2, -0.15) is 0 Å². The summed E-state index contributed by atoms with van der Waals surface area (Å²) in [7, 11) is 0. The molecular weight excluding hydrogens is 322 g/mol. The molecule has 5 nitrogen and oxygen atoms in total. The Bertz CT molecular complexity index is 659. The Kier molecular flexibility index (Phi) is 5.68. The molecule has 0 aliphatic carbocycles. The summed E-state index contributed by atoms with van der Waals surface area (Å²) in [5.74, 6) is 0.179. The molecule has 0 aliphatic rings. The number of hydrogen-bond donors (Lipinski definition) is 3. The minimum Gasteiger partial charge on any atom is -0.351 e. The molecule has 0 saturated heterocycles. The standard InChI is InChI=1S/C15H14ClN3O2S/c16-10-1-7-13(8-2-10)22-9-14(20)18-11-3-5-12(6-4-11)19-15(17)21/h1-8H,9H2,(H,18,20)(H3,17,19,21). The van der Waals surface area contributed by atoms with E-state index in [-0.39, 0.29) is 5.91 Å². The highest BCUT2D eigenvalue weighted by molar-refractivity contribution is 8.00. The predicted octanol–water partition coefficient (Wildman–Crippen LogP) is 3.56. The van der Waals surface area contributed by atoms with Crippen molar-refractivity contribution in [3.63, 3.8) is 0 Å². The molecule has 2 rings (SSSR count). The number of nitrogens with one attached hydrogen (secondary N) is 2. The van der Waals surface area contributed by atoms with Gasteiger partial charge in [-0.25, -0.2) is 4.79 Å². The number of thioether (sulfide) groups is 1. The van der Waals surface area contributed by atoms with E-state index in [1.807, 2.05) is 12.1 Å². The minimum atomic E-state index is -0.629. The summed E-state index contributed by atoms with van der Waals surface area (Å²) in [5, 5.41) is 5.89. The molecule has 4 N–H and O–H groups in total. The molecule has 2 aromatic carbocycles. The third kappa shape index (κ3) is 5.31. The van der Waals surface area contributed by atoms with Gasteiger partial charge in [0.1, 0.15) is 0 Å². The summed E-state index contributed by atoms with van der Waals surface area (Å²) >= 11 is 7.23. The second kappa shape index (κ2) is 7.72. The number of halogens is 1. The number of carbonyl (C=O) groups excluding carboxylic acids is 2. The Labute approximate surface area is 137 Å². The van der Waals surface area contributed by atoms with Gasteiger partial charge in [-0.1, -0.05) is 11.6 Å². The predicted molar refractivity (Wildman–Crippen MR) is 90.5 cm³/mol. The lowest BCUT2D eigenvalue weighted by Crippen LogP contribution is -2.19. The first-order chi connectivity index (χ1) is 10.5. The third-order valence-corrected chi connectivity index (χ3v) is 3.88. The summed E-state index contributed by atoms with van der Waals surface area (Å²) in [6, 6.07) is 13.4. The molecule has 0 bridgehead atoms. The zero-order chi connectivity index (χ0) is 15.9. The number of amides is 3. The van der Waals surface area contributed by atoms with E-state index < -0.39 is 6.03 Å². The van der Waals surface area contributed by atoms with Gasteiger partial charge in [-0.3, -0.25) is 4.79 Å². The second-order valence-electron chi connectivity index (χ2n) is 4.36. The molecule has 0 heterocycles. The number of urea groups is 1. The highest BCUT2D eigenvalue weighted by Gasteiger charge is 2.04. The van der Waals surface area contributed by atoms with Crippen molar-refractivity contribution in [2.75, 3.05) is 16.4 Å². The van der Waals surface area contributed by atoms with E-state index >= 15 is 0 Å². The number of rotatable bonds is 5. The smallest absolute Gasteiger partial charge is 0.316 e. The topological polar surface area (TPSA) is 84.2 Å². The first-order valence-corrected chi connectivity index (χ1v) is 7.74. The average molecular weight is 336 g/mol. The molecule has 114 valence electrons. The molecule has 0 spiro atoms. The second-order valence-corrected chi connectivity index (χ2v) is 5.84. The van der Waals surface area contributed by atoms with Crippen LogP contribution in [-0.2, 0) is 4.79 Å². The van der Waals surface area contributed by atoms with Crippen LogP contribution in [0.5, 0.6) is 0 Å². The Balaban J connectivity index is 1.83. The summed E-state index contributed by atoms with van der Waals surface area (Å²) in [4.78, 5) is 23.5. The number of carbonyl (C=O) groups is 2. The van der Waals surface area contributed by atoms with Crippen molar-refractivity contribution in [3.05, 3.63) is 53.6 Å². The molecule has 2 aromatic rings. The van der Waals surface area contributed by atoms with Crippen LogP contribution >= 0.6 is 23.4 Å². The monoisotopic (exact) mass is 335 g/mol. The number of nitrogens with two attached hydrogens (primary N) is 1. The summed E-state index contributed by atoms with van der Waals surface area (Å²) in [6.45, 7) is 0. The molecule has 0 radical (unpaired) electrons. The van der Waals surface area contributed by atoms with Crippen LogP contribution in [0.15, 0.2) is 53.4 Å². The SMILES string of the molecule is NC(=O)Nc1ccc(NC(=O)CSc2ccc(Cl)cc2)cc1. The van der Waals surface area contributed by atoms with E-state index in [1.54, 1.807) is 36.4 Å². The van der Waals surface area contributed by atoms with Gasteiger partial charge in [0.15, 0.2) is 0 Å². The van der Waals surface area contributed by atoms with Gasteiger partial charge < -0.3 is 16.4 Å². The number of hydrogen-bond acceptors (Lipinski definition) is 3. The zero-order valence-corrected chi connectivity index (χ0v) is 13.1. The lowest BCUT2D eigenvalue weighted by Gasteiger charge is -2.07. The van der Waals surface area contributed by atoms with Gasteiger partial charge in [-0.05, 0) is 48.5 Å². The maximum atomic E-state index is 11.9. The third-order valence-electron chi connectivity index (χ3n) is 2.62. The van der Waals surface area contributed by atoms with Crippen LogP contribution in [0.4, 0.5) is 16.2 Å². The number of primary amides is 1. The van der Waals surface area contributed by atoms with Crippen molar-refractivity contribution in [1.82, 2.24) is 0 Å². The van der Waals surface area contributed by atoms with E-state index in [9.17, 15) is 9.59 Å². The normalized spacial score (nSPS) is 10.0. The Morgan fingerprint density at radius 1 is 0.955 bits per heavy atom. The van der Waals surface area contributed by atoms with Crippen LogP contribution in [0, 0.1) is 0 Å². The van der Waals surface area contributed by atoms with Gasteiger partial charge >= 0.3 is 6.03 Å².